The molecule has 0 spiro atoms. The molecule has 4 nitrogen and oxygen atoms in total. The zero-order valence-corrected chi connectivity index (χ0v) is 12.3. The van der Waals surface area contributed by atoms with E-state index in [4.69, 9.17) is 4.74 Å². The van der Waals surface area contributed by atoms with Crippen molar-refractivity contribution >= 4 is 5.82 Å². The van der Waals surface area contributed by atoms with Gasteiger partial charge >= 0.3 is 0 Å². The highest BCUT2D eigenvalue weighted by Crippen LogP contribution is 2.31. The number of nitrogens with one attached hydrogen (secondary N) is 1. The third-order valence-electron chi connectivity index (χ3n) is 4.48. The third kappa shape index (κ3) is 2.90. The van der Waals surface area contributed by atoms with Gasteiger partial charge in [0, 0.05) is 25.3 Å². The van der Waals surface area contributed by atoms with Crippen LogP contribution in [-0.4, -0.2) is 37.3 Å². The van der Waals surface area contributed by atoms with Gasteiger partial charge in [0.05, 0.1) is 6.61 Å². The Kier molecular flexibility index (Phi) is 4.41. The molecule has 0 saturated carbocycles. The Balaban J connectivity index is 1.72. The largest absolute Gasteiger partial charge is 0.490 e. The zero-order valence-electron chi connectivity index (χ0n) is 12.3. The van der Waals surface area contributed by atoms with Crippen molar-refractivity contribution < 1.29 is 4.74 Å². The molecule has 1 N–H and O–H groups in total. The maximum Gasteiger partial charge on any atom is 0.171 e. The normalized spacial score (nSPS) is 26.8. The van der Waals surface area contributed by atoms with Gasteiger partial charge in [-0.1, -0.05) is 0 Å². The van der Waals surface area contributed by atoms with Gasteiger partial charge in [-0.15, -0.1) is 0 Å². The van der Waals surface area contributed by atoms with Gasteiger partial charge in [-0.2, -0.15) is 0 Å². The van der Waals surface area contributed by atoms with E-state index < -0.39 is 0 Å². The Morgan fingerprint density at radius 2 is 2.35 bits per heavy atom. The van der Waals surface area contributed by atoms with Gasteiger partial charge in [0.2, 0.25) is 0 Å². The van der Waals surface area contributed by atoms with Crippen LogP contribution in [0.25, 0.3) is 0 Å². The minimum atomic E-state index is 0.695. The summed E-state index contributed by atoms with van der Waals surface area (Å²) in [4.78, 5) is 6.98. The summed E-state index contributed by atoms with van der Waals surface area (Å²) < 4.78 is 5.73. The van der Waals surface area contributed by atoms with E-state index in [0.717, 1.165) is 30.6 Å². The molecule has 0 aliphatic carbocycles. The molecule has 2 saturated heterocycles. The van der Waals surface area contributed by atoms with Crippen molar-refractivity contribution in [3.05, 3.63) is 18.3 Å². The molecule has 0 amide bonds. The van der Waals surface area contributed by atoms with Crippen LogP contribution in [0.2, 0.25) is 0 Å². The van der Waals surface area contributed by atoms with Gasteiger partial charge in [0.25, 0.3) is 0 Å². The van der Waals surface area contributed by atoms with Gasteiger partial charge < -0.3 is 15.0 Å². The topological polar surface area (TPSA) is 37.4 Å². The predicted molar refractivity (Wildman–Crippen MR) is 81.4 cm³/mol. The SMILES string of the molecule is CCOc1cccnc1N1CCCC(C2CCCN2)C1. The molecule has 0 bridgehead atoms. The van der Waals surface area contributed by atoms with Crippen molar-refractivity contribution in [1.29, 1.82) is 0 Å². The molecular formula is C16H25N3O. The molecule has 1 aromatic heterocycles. The molecule has 2 aliphatic heterocycles. The molecule has 110 valence electrons. The molecule has 3 heterocycles. The van der Waals surface area contributed by atoms with Gasteiger partial charge in [-0.3, -0.25) is 0 Å². The number of hydrogen-bond acceptors (Lipinski definition) is 4. The zero-order chi connectivity index (χ0) is 13.8. The molecule has 2 atom stereocenters. The summed E-state index contributed by atoms with van der Waals surface area (Å²) in [5, 5.41) is 3.66. The number of pyridine rings is 1. The van der Waals surface area contributed by atoms with Gasteiger partial charge in [-0.05, 0) is 57.2 Å². The van der Waals surface area contributed by atoms with Crippen molar-refractivity contribution in [2.75, 3.05) is 31.1 Å². The standard InChI is InChI=1S/C16H25N3O/c1-2-20-15-8-4-10-18-16(15)19-11-5-6-13(12-19)14-7-3-9-17-14/h4,8,10,13-14,17H,2-3,5-7,9,11-12H2,1H3. The van der Waals surface area contributed by atoms with E-state index in [1.807, 2.05) is 25.3 Å². The Hall–Kier alpha value is -1.29. The summed E-state index contributed by atoms with van der Waals surface area (Å²) in [6.45, 7) is 6.11. The monoisotopic (exact) mass is 275 g/mol. The van der Waals surface area contributed by atoms with Crippen LogP contribution < -0.4 is 15.0 Å². The first-order valence-electron chi connectivity index (χ1n) is 7.94. The highest BCUT2D eigenvalue weighted by Gasteiger charge is 2.30. The molecule has 0 aromatic carbocycles. The number of anilines is 1. The Morgan fingerprint density at radius 1 is 1.40 bits per heavy atom. The fraction of sp³-hybridized carbons (Fsp3) is 0.688. The summed E-state index contributed by atoms with van der Waals surface area (Å²) in [5.41, 5.74) is 0. The first-order chi connectivity index (χ1) is 9.88. The summed E-state index contributed by atoms with van der Waals surface area (Å²) >= 11 is 0. The van der Waals surface area contributed by atoms with Crippen LogP contribution in [0.1, 0.15) is 32.6 Å². The molecule has 0 radical (unpaired) electrons. The maximum atomic E-state index is 5.73. The molecule has 20 heavy (non-hydrogen) atoms. The Labute approximate surface area is 121 Å². The summed E-state index contributed by atoms with van der Waals surface area (Å²) in [7, 11) is 0. The van der Waals surface area contributed by atoms with Gasteiger partial charge in [0.15, 0.2) is 11.6 Å². The van der Waals surface area contributed by atoms with E-state index in [9.17, 15) is 0 Å². The lowest BCUT2D eigenvalue weighted by Crippen LogP contribution is -2.44. The quantitative estimate of drug-likeness (QED) is 0.916. The molecule has 2 aliphatic rings. The third-order valence-corrected chi connectivity index (χ3v) is 4.48. The van der Waals surface area contributed by atoms with Crippen LogP contribution in [0.4, 0.5) is 5.82 Å². The van der Waals surface area contributed by atoms with Crippen molar-refractivity contribution in [3.63, 3.8) is 0 Å². The van der Waals surface area contributed by atoms with Gasteiger partial charge in [0.1, 0.15) is 0 Å². The van der Waals surface area contributed by atoms with Crippen LogP contribution in [0, 0.1) is 5.92 Å². The molecule has 3 rings (SSSR count). The number of piperidine rings is 1. The molecule has 4 heteroatoms. The van der Waals surface area contributed by atoms with E-state index in [2.05, 4.69) is 15.2 Å². The van der Waals surface area contributed by atoms with Crippen LogP contribution in [0.3, 0.4) is 0 Å². The summed E-state index contributed by atoms with van der Waals surface area (Å²) in [6.07, 6.45) is 7.12. The number of nitrogens with zero attached hydrogens (tertiary/aromatic N) is 2. The van der Waals surface area contributed by atoms with Crippen LogP contribution >= 0.6 is 0 Å². The fourth-order valence-corrected chi connectivity index (χ4v) is 3.53. The van der Waals surface area contributed by atoms with Crippen molar-refractivity contribution in [2.45, 2.75) is 38.6 Å². The minimum Gasteiger partial charge on any atom is -0.490 e. The lowest BCUT2D eigenvalue weighted by Gasteiger charge is -2.37. The molecule has 1 aromatic rings. The van der Waals surface area contributed by atoms with Crippen molar-refractivity contribution in [1.82, 2.24) is 10.3 Å². The van der Waals surface area contributed by atoms with E-state index in [-0.39, 0.29) is 0 Å². The molecule has 2 fully saturated rings. The Morgan fingerprint density at radius 3 is 3.15 bits per heavy atom. The number of rotatable bonds is 4. The Bertz CT molecular complexity index is 431. The van der Waals surface area contributed by atoms with Gasteiger partial charge in [-0.25, -0.2) is 4.98 Å². The van der Waals surface area contributed by atoms with E-state index in [0.29, 0.717) is 12.6 Å². The molecule has 2 unspecified atom stereocenters. The van der Waals surface area contributed by atoms with Crippen LogP contribution in [0.5, 0.6) is 5.75 Å². The van der Waals surface area contributed by atoms with Crippen LogP contribution in [0.15, 0.2) is 18.3 Å². The van der Waals surface area contributed by atoms with Crippen molar-refractivity contribution in [3.8, 4) is 5.75 Å². The summed E-state index contributed by atoms with van der Waals surface area (Å²) in [6, 6.07) is 4.69. The number of hydrogen-bond donors (Lipinski definition) is 1. The second-order valence-corrected chi connectivity index (χ2v) is 5.81. The second kappa shape index (κ2) is 6.44. The average molecular weight is 275 g/mol. The predicted octanol–water partition coefficient (Wildman–Crippen LogP) is 2.45. The lowest BCUT2D eigenvalue weighted by molar-refractivity contribution is 0.317. The number of aromatic nitrogens is 1. The smallest absolute Gasteiger partial charge is 0.171 e. The first kappa shape index (κ1) is 13.7. The van der Waals surface area contributed by atoms with Crippen LogP contribution in [-0.2, 0) is 0 Å². The minimum absolute atomic E-state index is 0.695. The second-order valence-electron chi connectivity index (χ2n) is 5.81. The van der Waals surface area contributed by atoms with E-state index in [1.165, 1.54) is 32.2 Å². The van der Waals surface area contributed by atoms with E-state index >= 15 is 0 Å². The highest BCUT2D eigenvalue weighted by molar-refractivity contribution is 5.52. The van der Waals surface area contributed by atoms with E-state index in [1.54, 1.807) is 0 Å². The molecular weight excluding hydrogens is 250 g/mol. The first-order valence-corrected chi connectivity index (χ1v) is 7.94. The highest BCUT2D eigenvalue weighted by atomic mass is 16.5. The maximum absolute atomic E-state index is 5.73. The fourth-order valence-electron chi connectivity index (χ4n) is 3.53. The lowest BCUT2D eigenvalue weighted by atomic mass is 9.90. The van der Waals surface area contributed by atoms with Crippen molar-refractivity contribution in [2.24, 2.45) is 5.92 Å². The summed E-state index contributed by atoms with van der Waals surface area (Å²) in [5.74, 6) is 2.70. The number of ether oxygens (including phenoxy) is 1. The average Bonchev–Trinajstić information content (AvgIpc) is 3.03.